The number of unbranched alkanes of at least 4 members (excludes halogenated alkanes) is 5. The van der Waals surface area contributed by atoms with Crippen molar-refractivity contribution in [2.45, 2.75) is 58.8 Å². The molecule has 3 heteroatoms. The maximum atomic E-state index is 10.1. The molecule has 0 radical (unpaired) electrons. The van der Waals surface area contributed by atoms with Gasteiger partial charge in [0, 0.05) is 6.42 Å². The van der Waals surface area contributed by atoms with Gasteiger partial charge in [-0.2, -0.15) is 0 Å². The number of aryl methyl sites for hydroxylation is 1. The number of carboxylic acids is 1. The van der Waals surface area contributed by atoms with E-state index in [1.165, 1.54) is 25.7 Å². The molecule has 0 bridgehead atoms. The van der Waals surface area contributed by atoms with Crippen molar-refractivity contribution in [1.29, 1.82) is 0 Å². The molecule has 0 heterocycles. The van der Waals surface area contributed by atoms with Gasteiger partial charge in [-0.3, -0.25) is 4.79 Å². The van der Waals surface area contributed by atoms with Gasteiger partial charge in [0.25, 0.3) is 0 Å². The molecule has 108 valence electrons. The molecule has 0 saturated carbocycles. The van der Waals surface area contributed by atoms with E-state index in [4.69, 9.17) is 10.2 Å². The summed E-state index contributed by atoms with van der Waals surface area (Å²) in [6.07, 6.45) is 7.25. The Bertz CT molecular complexity index is 330. The van der Waals surface area contributed by atoms with Gasteiger partial charge in [-0.05, 0) is 31.0 Å². The molecule has 0 aromatic heterocycles. The van der Waals surface area contributed by atoms with Crippen molar-refractivity contribution in [3.8, 4) is 5.75 Å². The number of benzene rings is 1. The fourth-order valence-corrected chi connectivity index (χ4v) is 1.68. The Morgan fingerprint density at radius 3 is 2.21 bits per heavy atom. The minimum atomic E-state index is -0.666. The van der Waals surface area contributed by atoms with E-state index in [0.29, 0.717) is 12.2 Å². The number of phenols is 1. The summed E-state index contributed by atoms with van der Waals surface area (Å²) < 4.78 is 0. The van der Waals surface area contributed by atoms with E-state index in [-0.39, 0.29) is 0 Å². The minimum absolute atomic E-state index is 0.338. The first-order chi connectivity index (χ1) is 9.06. The third-order valence-electron chi connectivity index (χ3n) is 2.75. The zero-order valence-corrected chi connectivity index (χ0v) is 12.1. The molecule has 0 aliphatic rings. The Kier molecular flexibility index (Phi) is 10.7. The molecule has 0 atom stereocenters. The van der Waals surface area contributed by atoms with Crippen molar-refractivity contribution in [3.05, 3.63) is 29.8 Å². The van der Waals surface area contributed by atoms with Crippen LogP contribution < -0.4 is 0 Å². The van der Waals surface area contributed by atoms with Crippen LogP contribution in [-0.2, 0) is 4.79 Å². The average molecular weight is 266 g/mol. The SMILES string of the molecule is CCCCCCCCC(=O)O.Cc1cccc(O)c1. The van der Waals surface area contributed by atoms with Gasteiger partial charge in [-0.15, -0.1) is 0 Å². The number of phenolic OH excluding ortho intramolecular Hbond substituents is 1. The van der Waals surface area contributed by atoms with Crippen LogP contribution in [0.4, 0.5) is 0 Å². The van der Waals surface area contributed by atoms with Crippen LogP contribution in [0.2, 0.25) is 0 Å². The van der Waals surface area contributed by atoms with Crippen LogP contribution in [-0.4, -0.2) is 16.2 Å². The summed E-state index contributed by atoms with van der Waals surface area (Å²) in [7, 11) is 0. The highest BCUT2D eigenvalue weighted by atomic mass is 16.4. The van der Waals surface area contributed by atoms with Crippen LogP contribution in [0.25, 0.3) is 0 Å². The van der Waals surface area contributed by atoms with E-state index >= 15 is 0 Å². The van der Waals surface area contributed by atoms with Crippen LogP contribution in [0.15, 0.2) is 24.3 Å². The van der Waals surface area contributed by atoms with E-state index in [0.717, 1.165) is 18.4 Å². The number of aromatic hydroxyl groups is 1. The average Bonchev–Trinajstić information content (AvgIpc) is 2.34. The van der Waals surface area contributed by atoms with Gasteiger partial charge in [0.05, 0.1) is 0 Å². The summed E-state index contributed by atoms with van der Waals surface area (Å²) in [5.74, 6) is -0.328. The van der Waals surface area contributed by atoms with Gasteiger partial charge < -0.3 is 10.2 Å². The smallest absolute Gasteiger partial charge is 0.303 e. The zero-order chi connectivity index (χ0) is 14.5. The fraction of sp³-hybridized carbons (Fsp3) is 0.562. The molecule has 0 aliphatic heterocycles. The van der Waals surface area contributed by atoms with Gasteiger partial charge >= 0.3 is 5.97 Å². The Labute approximate surface area is 116 Å². The normalized spacial score (nSPS) is 9.58. The predicted octanol–water partition coefficient (Wildman–Crippen LogP) is 4.52. The molecule has 3 nitrogen and oxygen atoms in total. The molecule has 1 rings (SSSR count). The lowest BCUT2D eigenvalue weighted by atomic mass is 10.1. The molecule has 0 spiro atoms. The number of carboxylic acid groups (broad SMARTS) is 1. The van der Waals surface area contributed by atoms with Crippen molar-refractivity contribution in [3.63, 3.8) is 0 Å². The van der Waals surface area contributed by atoms with E-state index in [2.05, 4.69) is 6.92 Å². The Morgan fingerprint density at radius 2 is 1.74 bits per heavy atom. The van der Waals surface area contributed by atoms with E-state index in [1.54, 1.807) is 12.1 Å². The van der Waals surface area contributed by atoms with Crippen molar-refractivity contribution < 1.29 is 15.0 Å². The second-order valence-corrected chi connectivity index (χ2v) is 4.75. The Hall–Kier alpha value is -1.51. The molecular formula is C16H26O3. The summed E-state index contributed by atoms with van der Waals surface area (Å²) in [4.78, 5) is 10.1. The molecule has 1 aromatic carbocycles. The van der Waals surface area contributed by atoms with Crippen LogP contribution in [0.3, 0.4) is 0 Å². The molecule has 0 aliphatic carbocycles. The number of carbonyl (C=O) groups is 1. The van der Waals surface area contributed by atoms with Gasteiger partial charge in [0.15, 0.2) is 0 Å². The van der Waals surface area contributed by atoms with E-state index in [9.17, 15) is 4.79 Å². The van der Waals surface area contributed by atoms with Crippen molar-refractivity contribution >= 4 is 5.97 Å². The highest BCUT2D eigenvalue weighted by molar-refractivity contribution is 5.66. The number of hydrogen-bond donors (Lipinski definition) is 2. The molecule has 0 saturated heterocycles. The van der Waals surface area contributed by atoms with Gasteiger partial charge in [0.1, 0.15) is 5.75 Å². The molecule has 19 heavy (non-hydrogen) atoms. The van der Waals surface area contributed by atoms with Crippen molar-refractivity contribution in [2.24, 2.45) is 0 Å². The first-order valence-electron chi connectivity index (χ1n) is 7.03. The Balaban J connectivity index is 0.000000356. The summed E-state index contributed by atoms with van der Waals surface area (Å²) in [5.41, 5.74) is 1.09. The second-order valence-electron chi connectivity index (χ2n) is 4.75. The summed E-state index contributed by atoms with van der Waals surface area (Å²) >= 11 is 0. The van der Waals surface area contributed by atoms with Gasteiger partial charge in [-0.25, -0.2) is 0 Å². The van der Waals surface area contributed by atoms with E-state index in [1.807, 2.05) is 19.1 Å². The van der Waals surface area contributed by atoms with Gasteiger partial charge in [-0.1, -0.05) is 51.2 Å². The van der Waals surface area contributed by atoms with Crippen LogP contribution >= 0.6 is 0 Å². The van der Waals surface area contributed by atoms with Crippen LogP contribution in [0.1, 0.15) is 57.4 Å². The maximum Gasteiger partial charge on any atom is 0.303 e. The number of rotatable bonds is 7. The fourth-order valence-electron chi connectivity index (χ4n) is 1.68. The molecule has 0 amide bonds. The molecule has 2 N–H and O–H groups in total. The monoisotopic (exact) mass is 266 g/mol. The summed E-state index contributed by atoms with van der Waals surface area (Å²) in [5, 5.41) is 17.1. The first-order valence-corrected chi connectivity index (χ1v) is 7.03. The van der Waals surface area contributed by atoms with E-state index < -0.39 is 5.97 Å². The summed E-state index contributed by atoms with van der Waals surface area (Å²) in [6, 6.07) is 7.15. The molecule has 1 aromatic rings. The third-order valence-corrected chi connectivity index (χ3v) is 2.75. The number of hydrogen-bond acceptors (Lipinski definition) is 2. The number of aliphatic carboxylic acids is 1. The molecule has 0 unspecified atom stereocenters. The Morgan fingerprint density at radius 1 is 1.11 bits per heavy atom. The largest absolute Gasteiger partial charge is 0.508 e. The standard InChI is InChI=1S/C9H18O2.C7H8O/c1-2-3-4-5-6-7-8-9(10)11;1-6-3-2-4-7(8)5-6/h2-8H2,1H3,(H,10,11);2-5,8H,1H3. The van der Waals surface area contributed by atoms with Crippen molar-refractivity contribution in [2.75, 3.05) is 0 Å². The predicted molar refractivity (Wildman–Crippen MR) is 78.5 cm³/mol. The third kappa shape index (κ3) is 12.7. The topological polar surface area (TPSA) is 57.5 Å². The summed E-state index contributed by atoms with van der Waals surface area (Å²) in [6.45, 7) is 4.12. The highest BCUT2D eigenvalue weighted by Crippen LogP contribution is 2.08. The highest BCUT2D eigenvalue weighted by Gasteiger charge is 1.95. The minimum Gasteiger partial charge on any atom is -0.508 e. The lowest BCUT2D eigenvalue weighted by Gasteiger charge is -1.97. The zero-order valence-electron chi connectivity index (χ0n) is 12.1. The van der Waals surface area contributed by atoms with Crippen LogP contribution in [0.5, 0.6) is 5.75 Å². The maximum absolute atomic E-state index is 10.1. The lowest BCUT2D eigenvalue weighted by Crippen LogP contribution is -1.93. The first kappa shape index (κ1) is 17.5. The van der Waals surface area contributed by atoms with Crippen molar-refractivity contribution in [1.82, 2.24) is 0 Å². The second kappa shape index (κ2) is 11.6. The lowest BCUT2D eigenvalue weighted by molar-refractivity contribution is -0.137. The molecular weight excluding hydrogens is 240 g/mol. The quantitative estimate of drug-likeness (QED) is 0.713. The molecule has 0 fully saturated rings. The van der Waals surface area contributed by atoms with Crippen LogP contribution in [0, 0.1) is 6.92 Å². The van der Waals surface area contributed by atoms with Gasteiger partial charge in [0.2, 0.25) is 0 Å².